The normalized spacial score (nSPS) is 42.2. The topological polar surface area (TPSA) is 49.5 Å². The molecule has 3 nitrogen and oxygen atoms in total. The average molecular weight is 226 g/mol. The summed E-state index contributed by atoms with van der Waals surface area (Å²) < 4.78 is 0. The van der Waals surface area contributed by atoms with Crippen molar-refractivity contribution in [3.8, 4) is 0 Å². The molecule has 1 saturated heterocycles. The Labute approximate surface area is 99.0 Å². The van der Waals surface area contributed by atoms with E-state index in [1.54, 1.807) is 0 Å². The van der Waals surface area contributed by atoms with Crippen LogP contribution in [-0.4, -0.2) is 41.3 Å². The number of aliphatic hydroxyl groups is 1. The van der Waals surface area contributed by atoms with Gasteiger partial charge >= 0.3 is 0 Å². The van der Waals surface area contributed by atoms with E-state index in [9.17, 15) is 5.11 Å². The molecule has 1 aliphatic carbocycles. The van der Waals surface area contributed by atoms with Gasteiger partial charge in [0.1, 0.15) is 0 Å². The van der Waals surface area contributed by atoms with Crippen LogP contribution in [0.2, 0.25) is 0 Å². The van der Waals surface area contributed by atoms with Gasteiger partial charge in [-0.3, -0.25) is 4.90 Å². The maximum Gasteiger partial charge on any atom is 0.0774 e. The summed E-state index contributed by atoms with van der Waals surface area (Å²) in [6, 6.07) is 0.319. The van der Waals surface area contributed by atoms with Crippen LogP contribution in [0.5, 0.6) is 0 Å². The lowest BCUT2D eigenvalue weighted by Crippen LogP contribution is -2.51. The molecule has 94 valence electrons. The van der Waals surface area contributed by atoms with Gasteiger partial charge in [-0.15, -0.1) is 0 Å². The first-order valence-corrected chi connectivity index (χ1v) is 6.78. The molecule has 1 aliphatic heterocycles. The van der Waals surface area contributed by atoms with E-state index in [0.29, 0.717) is 6.04 Å². The molecule has 0 aromatic heterocycles. The standard InChI is InChI=1S/C13H26N2O/c1-11-4-6-13(16,7-5-11)10-15-8-2-3-12(14)9-15/h11-12,16H,2-10,14H2,1H3/t11?,12-,13?/m1/s1. The lowest BCUT2D eigenvalue weighted by molar-refractivity contribution is -0.0394. The van der Waals surface area contributed by atoms with Gasteiger partial charge in [-0.2, -0.15) is 0 Å². The molecule has 0 aromatic carbocycles. The van der Waals surface area contributed by atoms with Gasteiger partial charge in [0.05, 0.1) is 5.60 Å². The quantitative estimate of drug-likeness (QED) is 0.747. The highest BCUT2D eigenvalue weighted by molar-refractivity contribution is 4.89. The third kappa shape index (κ3) is 3.19. The summed E-state index contributed by atoms with van der Waals surface area (Å²) in [7, 11) is 0. The summed E-state index contributed by atoms with van der Waals surface area (Å²) in [6.07, 6.45) is 6.63. The van der Waals surface area contributed by atoms with Gasteiger partial charge in [-0.05, 0) is 51.0 Å². The van der Waals surface area contributed by atoms with Gasteiger partial charge < -0.3 is 10.8 Å². The minimum Gasteiger partial charge on any atom is -0.389 e. The highest BCUT2D eigenvalue weighted by Crippen LogP contribution is 2.32. The average Bonchev–Trinajstić information content (AvgIpc) is 2.23. The third-order valence-electron chi connectivity index (χ3n) is 4.26. The van der Waals surface area contributed by atoms with Gasteiger partial charge in [-0.25, -0.2) is 0 Å². The second-order valence-corrected chi connectivity index (χ2v) is 6.04. The van der Waals surface area contributed by atoms with Crippen LogP contribution in [-0.2, 0) is 0 Å². The molecule has 0 bridgehead atoms. The summed E-state index contributed by atoms with van der Waals surface area (Å²) in [5, 5.41) is 10.5. The molecule has 1 atom stereocenters. The maximum absolute atomic E-state index is 10.5. The fourth-order valence-electron chi connectivity index (χ4n) is 3.11. The summed E-state index contributed by atoms with van der Waals surface area (Å²) in [5.41, 5.74) is 5.55. The molecular weight excluding hydrogens is 200 g/mol. The van der Waals surface area contributed by atoms with Crippen molar-refractivity contribution in [2.24, 2.45) is 11.7 Å². The van der Waals surface area contributed by atoms with Crippen molar-refractivity contribution in [2.45, 2.75) is 57.1 Å². The maximum atomic E-state index is 10.5. The van der Waals surface area contributed by atoms with E-state index in [1.807, 2.05) is 0 Å². The fraction of sp³-hybridized carbons (Fsp3) is 1.00. The first-order chi connectivity index (χ1) is 7.57. The molecule has 0 amide bonds. The Hall–Kier alpha value is -0.120. The molecule has 2 fully saturated rings. The molecule has 0 unspecified atom stereocenters. The van der Waals surface area contributed by atoms with Crippen LogP contribution >= 0.6 is 0 Å². The lowest BCUT2D eigenvalue weighted by Gasteiger charge is -2.41. The highest BCUT2D eigenvalue weighted by atomic mass is 16.3. The Bertz CT molecular complexity index is 224. The third-order valence-corrected chi connectivity index (χ3v) is 4.26. The van der Waals surface area contributed by atoms with Crippen molar-refractivity contribution in [3.63, 3.8) is 0 Å². The predicted octanol–water partition coefficient (Wildman–Crippen LogP) is 1.35. The van der Waals surface area contributed by atoms with Crippen LogP contribution in [0.4, 0.5) is 0 Å². The molecule has 3 heteroatoms. The molecule has 2 aliphatic rings. The van der Waals surface area contributed by atoms with Crippen molar-refractivity contribution in [1.82, 2.24) is 4.90 Å². The van der Waals surface area contributed by atoms with E-state index in [4.69, 9.17) is 5.73 Å². The first-order valence-electron chi connectivity index (χ1n) is 6.78. The summed E-state index contributed by atoms with van der Waals surface area (Å²) in [4.78, 5) is 2.37. The van der Waals surface area contributed by atoms with Gasteiger partial charge in [0.15, 0.2) is 0 Å². The molecular formula is C13H26N2O. The van der Waals surface area contributed by atoms with Crippen molar-refractivity contribution in [3.05, 3.63) is 0 Å². The van der Waals surface area contributed by atoms with Crippen LogP contribution in [0.1, 0.15) is 45.4 Å². The summed E-state index contributed by atoms with van der Waals surface area (Å²) >= 11 is 0. The molecule has 0 radical (unpaired) electrons. The minimum atomic E-state index is -0.427. The summed E-state index contributed by atoms with van der Waals surface area (Å²) in [5.74, 6) is 0.795. The zero-order valence-corrected chi connectivity index (χ0v) is 10.5. The van der Waals surface area contributed by atoms with E-state index < -0.39 is 5.60 Å². The van der Waals surface area contributed by atoms with Crippen LogP contribution < -0.4 is 5.73 Å². The SMILES string of the molecule is CC1CCC(O)(CN2CCC[C@@H](N)C2)CC1. The molecule has 2 rings (SSSR count). The second-order valence-electron chi connectivity index (χ2n) is 6.04. The van der Waals surface area contributed by atoms with E-state index in [-0.39, 0.29) is 0 Å². The Balaban J connectivity index is 1.83. The predicted molar refractivity (Wildman–Crippen MR) is 66.2 cm³/mol. The summed E-state index contributed by atoms with van der Waals surface area (Å²) in [6.45, 7) is 5.22. The molecule has 1 saturated carbocycles. The number of nitrogens with zero attached hydrogens (tertiary/aromatic N) is 1. The second kappa shape index (κ2) is 5.03. The number of hydrogen-bond acceptors (Lipinski definition) is 3. The molecule has 16 heavy (non-hydrogen) atoms. The van der Waals surface area contributed by atoms with Gasteiger partial charge in [0.25, 0.3) is 0 Å². The zero-order chi connectivity index (χ0) is 11.6. The van der Waals surface area contributed by atoms with E-state index >= 15 is 0 Å². The molecule has 3 N–H and O–H groups in total. The van der Waals surface area contributed by atoms with Gasteiger partial charge in [0, 0.05) is 19.1 Å². The lowest BCUT2D eigenvalue weighted by atomic mass is 9.79. The highest BCUT2D eigenvalue weighted by Gasteiger charge is 2.34. The van der Waals surface area contributed by atoms with Crippen molar-refractivity contribution in [1.29, 1.82) is 0 Å². The number of β-amino-alcohol motifs (C(OH)–C–C–N with tert-alkyl or cyclic N) is 1. The van der Waals surface area contributed by atoms with Crippen LogP contribution in [0, 0.1) is 5.92 Å². The van der Waals surface area contributed by atoms with E-state index in [2.05, 4.69) is 11.8 Å². The fourth-order valence-corrected chi connectivity index (χ4v) is 3.11. The number of likely N-dealkylation sites (tertiary alicyclic amines) is 1. The number of piperidine rings is 1. The molecule has 0 spiro atoms. The van der Waals surface area contributed by atoms with Crippen molar-refractivity contribution < 1.29 is 5.11 Å². The molecule has 0 aromatic rings. The van der Waals surface area contributed by atoms with Crippen LogP contribution in [0.15, 0.2) is 0 Å². The Morgan fingerprint density at radius 3 is 2.62 bits per heavy atom. The molecule has 1 heterocycles. The Kier molecular flexibility index (Phi) is 3.88. The van der Waals surface area contributed by atoms with Gasteiger partial charge in [-0.1, -0.05) is 6.92 Å². The Morgan fingerprint density at radius 2 is 2.00 bits per heavy atom. The number of hydrogen-bond donors (Lipinski definition) is 2. The van der Waals surface area contributed by atoms with Crippen LogP contribution in [0.25, 0.3) is 0 Å². The number of rotatable bonds is 2. The monoisotopic (exact) mass is 226 g/mol. The van der Waals surface area contributed by atoms with Crippen molar-refractivity contribution in [2.75, 3.05) is 19.6 Å². The Morgan fingerprint density at radius 1 is 1.31 bits per heavy atom. The van der Waals surface area contributed by atoms with Crippen LogP contribution in [0.3, 0.4) is 0 Å². The largest absolute Gasteiger partial charge is 0.389 e. The van der Waals surface area contributed by atoms with E-state index in [0.717, 1.165) is 44.8 Å². The first kappa shape index (κ1) is 12.3. The van der Waals surface area contributed by atoms with Gasteiger partial charge in [0.2, 0.25) is 0 Å². The van der Waals surface area contributed by atoms with Crippen molar-refractivity contribution >= 4 is 0 Å². The smallest absolute Gasteiger partial charge is 0.0774 e. The minimum absolute atomic E-state index is 0.319. The number of nitrogens with two attached hydrogens (primary N) is 1. The van der Waals surface area contributed by atoms with E-state index in [1.165, 1.54) is 19.3 Å². The zero-order valence-electron chi connectivity index (χ0n) is 10.5.